The van der Waals surface area contributed by atoms with Crippen LogP contribution in [0, 0.1) is 0 Å². The van der Waals surface area contributed by atoms with Crippen LogP contribution in [0.4, 0.5) is 10.5 Å². The summed E-state index contributed by atoms with van der Waals surface area (Å²) in [5, 5.41) is 2.82. The fourth-order valence-electron chi connectivity index (χ4n) is 1.99. The van der Waals surface area contributed by atoms with Gasteiger partial charge in [-0.3, -0.25) is 4.31 Å². The summed E-state index contributed by atoms with van der Waals surface area (Å²) in [5.41, 5.74) is 1.43. The summed E-state index contributed by atoms with van der Waals surface area (Å²) in [6.07, 6.45) is 5.05. The van der Waals surface area contributed by atoms with Crippen molar-refractivity contribution in [2.24, 2.45) is 0 Å². The van der Waals surface area contributed by atoms with Gasteiger partial charge >= 0.3 is 6.03 Å². The van der Waals surface area contributed by atoms with Crippen LogP contribution >= 0.6 is 0 Å². The minimum atomic E-state index is -3.29. The summed E-state index contributed by atoms with van der Waals surface area (Å²) >= 11 is 0. The number of carbonyl (C=O) groups excluding carboxylic acids is 1. The smallest absolute Gasteiger partial charge is 0.318 e. The standard InChI is InChI=1S/C14H19N3O3S/c1-16(21(2,19)20)13-7-5-6-12(10-13)11-15-14(18)17-8-3-4-9-17/h3-7,10H,8-9,11H2,1-2H3,(H,15,18). The molecule has 0 bridgehead atoms. The predicted molar refractivity (Wildman–Crippen MR) is 82.6 cm³/mol. The summed E-state index contributed by atoms with van der Waals surface area (Å²) in [4.78, 5) is 13.6. The van der Waals surface area contributed by atoms with Gasteiger partial charge < -0.3 is 10.2 Å². The zero-order chi connectivity index (χ0) is 15.5. The van der Waals surface area contributed by atoms with Gasteiger partial charge in [0.25, 0.3) is 0 Å². The third-order valence-corrected chi connectivity index (χ3v) is 4.53. The van der Waals surface area contributed by atoms with Crippen molar-refractivity contribution in [2.45, 2.75) is 6.54 Å². The van der Waals surface area contributed by atoms with Crippen molar-refractivity contribution in [3.63, 3.8) is 0 Å². The van der Waals surface area contributed by atoms with E-state index in [4.69, 9.17) is 0 Å². The van der Waals surface area contributed by atoms with Crippen LogP contribution in [-0.2, 0) is 16.6 Å². The molecule has 0 aromatic heterocycles. The minimum absolute atomic E-state index is 0.123. The molecule has 2 amide bonds. The molecule has 1 aliphatic rings. The number of amides is 2. The highest BCUT2D eigenvalue weighted by Crippen LogP contribution is 2.17. The summed E-state index contributed by atoms with van der Waals surface area (Å²) in [6, 6.07) is 6.97. The van der Waals surface area contributed by atoms with Gasteiger partial charge in [0.05, 0.1) is 11.9 Å². The van der Waals surface area contributed by atoms with Gasteiger partial charge in [-0.25, -0.2) is 13.2 Å². The third-order valence-electron chi connectivity index (χ3n) is 3.32. The number of benzene rings is 1. The fraction of sp³-hybridized carbons (Fsp3) is 0.357. The van der Waals surface area contributed by atoms with E-state index in [0.717, 1.165) is 11.8 Å². The average molecular weight is 309 g/mol. The highest BCUT2D eigenvalue weighted by Gasteiger charge is 2.14. The summed E-state index contributed by atoms with van der Waals surface area (Å²) in [6.45, 7) is 1.62. The zero-order valence-corrected chi connectivity index (χ0v) is 12.9. The largest absolute Gasteiger partial charge is 0.334 e. The molecule has 7 heteroatoms. The summed E-state index contributed by atoms with van der Waals surface area (Å²) in [7, 11) is -1.78. The van der Waals surface area contributed by atoms with Gasteiger partial charge in [-0.1, -0.05) is 24.3 Å². The van der Waals surface area contributed by atoms with Crippen molar-refractivity contribution in [3.8, 4) is 0 Å². The van der Waals surface area contributed by atoms with Crippen molar-refractivity contribution < 1.29 is 13.2 Å². The van der Waals surface area contributed by atoms with E-state index >= 15 is 0 Å². The van der Waals surface area contributed by atoms with Gasteiger partial charge in [-0.2, -0.15) is 0 Å². The maximum Gasteiger partial charge on any atom is 0.318 e. The first-order chi connectivity index (χ1) is 9.88. The van der Waals surface area contributed by atoms with Crippen molar-refractivity contribution in [3.05, 3.63) is 42.0 Å². The number of carbonyl (C=O) groups is 1. The van der Waals surface area contributed by atoms with E-state index in [2.05, 4.69) is 5.32 Å². The van der Waals surface area contributed by atoms with E-state index in [9.17, 15) is 13.2 Å². The van der Waals surface area contributed by atoms with Gasteiger partial charge in [-0.15, -0.1) is 0 Å². The first-order valence-electron chi connectivity index (χ1n) is 6.58. The molecular formula is C14H19N3O3S. The van der Waals surface area contributed by atoms with Gasteiger partial charge in [-0.05, 0) is 17.7 Å². The van der Waals surface area contributed by atoms with E-state index in [1.54, 1.807) is 23.1 Å². The molecular weight excluding hydrogens is 290 g/mol. The lowest BCUT2D eigenvalue weighted by atomic mass is 10.2. The number of rotatable bonds is 4. The number of anilines is 1. The molecule has 0 saturated heterocycles. The monoisotopic (exact) mass is 309 g/mol. The van der Waals surface area contributed by atoms with Crippen molar-refractivity contribution in [2.75, 3.05) is 30.7 Å². The average Bonchev–Trinajstić information content (AvgIpc) is 2.97. The molecule has 114 valence electrons. The molecule has 0 aliphatic carbocycles. The maximum atomic E-state index is 11.9. The number of sulfonamides is 1. The van der Waals surface area contributed by atoms with Crippen molar-refractivity contribution in [1.29, 1.82) is 0 Å². The van der Waals surface area contributed by atoms with E-state index in [1.165, 1.54) is 11.4 Å². The van der Waals surface area contributed by atoms with Crippen LogP contribution in [0.25, 0.3) is 0 Å². The van der Waals surface area contributed by atoms with Crippen LogP contribution in [0.3, 0.4) is 0 Å². The maximum absolute atomic E-state index is 11.9. The van der Waals surface area contributed by atoms with Gasteiger partial charge in [0, 0.05) is 26.7 Å². The lowest BCUT2D eigenvalue weighted by Crippen LogP contribution is -2.37. The number of hydrogen-bond acceptors (Lipinski definition) is 3. The number of nitrogens with zero attached hydrogens (tertiary/aromatic N) is 2. The molecule has 1 aliphatic heterocycles. The Labute approximate surface area is 125 Å². The third kappa shape index (κ3) is 3.98. The lowest BCUT2D eigenvalue weighted by molar-refractivity contribution is 0.210. The second-order valence-electron chi connectivity index (χ2n) is 4.94. The summed E-state index contributed by atoms with van der Waals surface area (Å²) in [5.74, 6) is 0. The van der Waals surface area contributed by atoms with E-state index in [1.807, 2.05) is 18.2 Å². The number of hydrogen-bond donors (Lipinski definition) is 1. The molecule has 0 fully saturated rings. The molecule has 1 heterocycles. The first-order valence-corrected chi connectivity index (χ1v) is 8.43. The lowest BCUT2D eigenvalue weighted by Gasteiger charge is -2.18. The predicted octanol–water partition coefficient (Wildman–Crippen LogP) is 1.16. The Morgan fingerprint density at radius 3 is 2.62 bits per heavy atom. The van der Waals surface area contributed by atoms with Gasteiger partial charge in [0.2, 0.25) is 10.0 Å². The molecule has 0 unspecified atom stereocenters. The second kappa shape index (κ2) is 6.17. The molecule has 6 nitrogen and oxygen atoms in total. The molecule has 0 spiro atoms. The fourth-order valence-corrected chi connectivity index (χ4v) is 2.48. The molecule has 0 saturated carbocycles. The Bertz CT molecular complexity index is 647. The van der Waals surface area contributed by atoms with Crippen LogP contribution in [0.1, 0.15) is 5.56 Å². The molecule has 1 aromatic carbocycles. The van der Waals surface area contributed by atoms with E-state index in [-0.39, 0.29) is 6.03 Å². The highest BCUT2D eigenvalue weighted by atomic mass is 32.2. The molecule has 21 heavy (non-hydrogen) atoms. The van der Waals surface area contributed by atoms with Crippen LogP contribution in [0.2, 0.25) is 0 Å². The van der Waals surface area contributed by atoms with Crippen LogP contribution < -0.4 is 9.62 Å². The highest BCUT2D eigenvalue weighted by molar-refractivity contribution is 7.92. The van der Waals surface area contributed by atoms with Crippen LogP contribution in [0.5, 0.6) is 0 Å². The zero-order valence-electron chi connectivity index (χ0n) is 12.1. The van der Waals surface area contributed by atoms with Crippen molar-refractivity contribution >= 4 is 21.7 Å². The molecule has 0 atom stereocenters. The Balaban J connectivity index is 1.99. The Kier molecular flexibility index (Phi) is 4.52. The van der Waals surface area contributed by atoms with Crippen molar-refractivity contribution in [1.82, 2.24) is 10.2 Å². The molecule has 1 N–H and O–H groups in total. The van der Waals surface area contributed by atoms with Crippen LogP contribution in [0.15, 0.2) is 36.4 Å². The Morgan fingerprint density at radius 2 is 2.00 bits per heavy atom. The first kappa shape index (κ1) is 15.4. The molecule has 0 radical (unpaired) electrons. The normalized spacial score (nSPS) is 14.3. The van der Waals surface area contributed by atoms with Crippen LogP contribution in [-0.4, -0.2) is 45.7 Å². The molecule has 2 rings (SSSR count). The number of nitrogens with one attached hydrogen (secondary N) is 1. The van der Waals surface area contributed by atoms with Gasteiger partial charge in [0.15, 0.2) is 0 Å². The molecule has 1 aromatic rings. The van der Waals surface area contributed by atoms with E-state index < -0.39 is 10.0 Å². The summed E-state index contributed by atoms with van der Waals surface area (Å²) < 4.78 is 24.3. The van der Waals surface area contributed by atoms with Gasteiger partial charge in [0.1, 0.15) is 0 Å². The Hall–Kier alpha value is -2.02. The quantitative estimate of drug-likeness (QED) is 0.849. The Morgan fingerprint density at radius 1 is 1.33 bits per heavy atom. The SMILES string of the molecule is CN(c1cccc(CNC(=O)N2CC=CC2)c1)S(C)(=O)=O. The minimum Gasteiger partial charge on any atom is -0.334 e. The van der Waals surface area contributed by atoms with E-state index in [0.29, 0.717) is 25.3 Å². The topological polar surface area (TPSA) is 69.7 Å². The number of urea groups is 1. The second-order valence-corrected chi connectivity index (χ2v) is 6.95.